The molecule has 0 bridgehead atoms. The molecule has 0 aromatic heterocycles. The number of piperidine rings is 2. The Morgan fingerprint density at radius 3 is 2.14 bits per heavy atom. The molecule has 2 aliphatic heterocycles. The number of ketones is 1. The lowest BCUT2D eigenvalue weighted by atomic mass is 9.86. The van der Waals surface area contributed by atoms with Crippen molar-refractivity contribution in [2.45, 2.75) is 31.1 Å². The molecule has 2 N–H and O–H groups in total. The monoisotopic (exact) mass is 308 g/mol. The first-order valence-corrected chi connectivity index (χ1v) is 7.37. The highest BCUT2D eigenvalue weighted by atomic mass is 35.5. The lowest BCUT2D eigenvalue weighted by molar-refractivity contribution is -0.132. The molecule has 0 aliphatic carbocycles. The zero-order valence-corrected chi connectivity index (χ0v) is 12.7. The molecule has 5 heteroatoms. The van der Waals surface area contributed by atoms with Crippen molar-refractivity contribution in [1.29, 1.82) is 0 Å². The summed E-state index contributed by atoms with van der Waals surface area (Å²) in [6, 6.07) is 8.07. The summed E-state index contributed by atoms with van der Waals surface area (Å²) in [7, 11) is 0. The van der Waals surface area contributed by atoms with Crippen molar-refractivity contribution in [3.05, 3.63) is 35.4 Å². The van der Waals surface area contributed by atoms with Crippen molar-refractivity contribution in [3.63, 3.8) is 0 Å². The van der Waals surface area contributed by atoms with E-state index in [-0.39, 0.29) is 24.1 Å². The third-order valence-corrected chi connectivity index (χ3v) is 4.34. The molecule has 2 saturated heterocycles. The van der Waals surface area contributed by atoms with E-state index in [4.69, 9.17) is 0 Å². The van der Waals surface area contributed by atoms with Gasteiger partial charge in [0.05, 0.1) is 0 Å². The van der Waals surface area contributed by atoms with Crippen LogP contribution in [0.15, 0.2) is 24.3 Å². The second kappa shape index (κ2) is 7.05. The van der Waals surface area contributed by atoms with Gasteiger partial charge < -0.3 is 10.6 Å². The third kappa shape index (κ3) is 3.44. The fraction of sp³-hybridized carbons (Fsp3) is 0.500. The number of halogens is 1. The number of benzene rings is 1. The SMILES string of the molecule is Cl.O=C1CCNC(=O)C1c1ccc(C2CCNCC2)cc1. The molecule has 2 fully saturated rings. The Morgan fingerprint density at radius 2 is 1.52 bits per heavy atom. The Morgan fingerprint density at radius 1 is 0.905 bits per heavy atom. The Bertz CT molecular complexity index is 494. The fourth-order valence-electron chi connectivity index (χ4n) is 3.15. The lowest BCUT2D eigenvalue weighted by Crippen LogP contribution is -2.40. The van der Waals surface area contributed by atoms with Gasteiger partial charge in [-0.15, -0.1) is 12.4 Å². The molecular weight excluding hydrogens is 288 g/mol. The van der Waals surface area contributed by atoms with Crippen LogP contribution in [0, 0.1) is 0 Å². The Labute approximate surface area is 131 Å². The van der Waals surface area contributed by atoms with E-state index >= 15 is 0 Å². The number of carbonyl (C=O) groups excluding carboxylic acids is 2. The molecule has 114 valence electrons. The van der Waals surface area contributed by atoms with E-state index < -0.39 is 5.92 Å². The van der Waals surface area contributed by atoms with Gasteiger partial charge in [-0.05, 0) is 43.0 Å². The molecule has 1 aromatic rings. The van der Waals surface area contributed by atoms with Crippen LogP contribution in [0.1, 0.15) is 42.2 Å². The summed E-state index contributed by atoms with van der Waals surface area (Å²) >= 11 is 0. The minimum atomic E-state index is -0.606. The molecule has 2 aliphatic rings. The number of rotatable bonds is 2. The van der Waals surface area contributed by atoms with Crippen LogP contribution in [-0.2, 0) is 9.59 Å². The summed E-state index contributed by atoms with van der Waals surface area (Å²) in [5.74, 6) is -0.133. The zero-order valence-electron chi connectivity index (χ0n) is 11.9. The molecular formula is C16H21ClN2O2. The van der Waals surface area contributed by atoms with Crippen molar-refractivity contribution in [2.75, 3.05) is 19.6 Å². The van der Waals surface area contributed by atoms with Gasteiger partial charge in [0.1, 0.15) is 5.92 Å². The number of nitrogens with one attached hydrogen (secondary N) is 2. The van der Waals surface area contributed by atoms with E-state index in [0.717, 1.165) is 31.5 Å². The van der Waals surface area contributed by atoms with Gasteiger partial charge in [-0.2, -0.15) is 0 Å². The summed E-state index contributed by atoms with van der Waals surface area (Å²) in [6.45, 7) is 2.60. The maximum Gasteiger partial charge on any atom is 0.235 e. The minimum Gasteiger partial charge on any atom is -0.355 e. The van der Waals surface area contributed by atoms with Gasteiger partial charge >= 0.3 is 0 Å². The van der Waals surface area contributed by atoms with Crippen LogP contribution < -0.4 is 10.6 Å². The molecule has 4 nitrogen and oxygen atoms in total. The van der Waals surface area contributed by atoms with Crippen LogP contribution in [0.5, 0.6) is 0 Å². The second-order valence-electron chi connectivity index (χ2n) is 5.63. The summed E-state index contributed by atoms with van der Waals surface area (Å²) in [4.78, 5) is 23.8. The predicted octanol–water partition coefficient (Wildman–Crippen LogP) is 1.75. The Kier molecular flexibility index (Phi) is 5.37. The first-order chi connectivity index (χ1) is 9.75. The fourth-order valence-corrected chi connectivity index (χ4v) is 3.15. The Hall–Kier alpha value is -1.39. The van der Waals surface area contributed by atoms with Crippen LogP contribution in [0.25, 0.3) is 0 Å². The highest BCUT2D eigenvalue weighted by molar-refractivity contribution is 6.08. The van der Waals surface area contributed by atoms with Crippen LogP contribution in [0.3, 0.4) is 0 Å². The smallest absolute Gasteiger partial charge is 0.235 e. The number of amides is 1. The van der Waals surface area contributed by atoms with E-state index in [2.05, 4.69) is 22.8 Å². The highest BCUT2D eigenvalue weighted by Gasteiger charge is 2.31. The van der Waals surface area contributed by atoms with Crippen molar-refractivity contribution in [1.82, 2.24) is 10.6 Å². The molecule has 1 atom stereocenters. The van der Waals surface area contributed by atoms with Gasteiger partial charge in [0.15, 0.2) is 5.78 Å². The van der Waals surface area contributed by atoms with Crippen molar-refractivity contribution < 1.29 is 9.59 Å². The van der Waals surface area contributed by atoms with Gasteiger partial charge in [0.25, 0.3) is 0 Å². The van der Waals surface area contributed by atoms with E-state index in [1.807, 2.05) is 12.1 Å². The summed E-state index contributed by atoms with van der Waals surface area (Å²) in [6.07, 6.45) is 2.75. The minimum absolute atomic E-state index is 0. The standard InChI is InChI=1S/C16H20N2O2.ClH/c19-14-7-10-18-16(20)15(14)13-3-1-11(2-4-13)12-5-8-17-9-6-12;/h1-4,12,15,17H,5-10H2,(H,18,20);1H. The van der Waals surface area contributed by atoms with Gasteiger partial charge in [-0.3, -0.25) is 9.59 Å². The van der Waals surface area contributed by atoms with Crippen molar-refractivity contribution in [2.24, 2.45) is 0 Å². The molecule has 2 heterocycles. The molecule has 3 rings (SSSR count). The highest BCUT2D eigenvalue weighted by Crippen LogP contribution is 2.28. The van der Waals surface area contributed by atoms with Crippen LogP contribution in [0.2, 0.25) is 0 Å². The Balaban J connectivity index is 0.00000161. The summed E-state index contributed by atoms with van der Waals surface area (Å²) in [5, 5.41) is 6.13. The van der Waals surface area contributed by atoms with E-state index in [1.165, 1.54) is 5.56 Å². The van der Waals surface area contributed by atoms with Crippen LogP contribution >= 0.6 is 12.4 Å². The van der Waals surface area contributed by atoms with E-state index in [1.54, 1.807) is 0 Å². The van der Waals surface area contributed by atoms with Gasteiger partial charge in [-0.25, -0.2) is 0 Å². The first-order valence-electron chi connectivity index (χ1n) is 7.37. The quantitative estimate of drug-likeness (QED) is 0.818. The largest absolute Gasteiger partial charge is 0.355 e. The number of hydrogen-bond donors (Lipinski definition) is 2. The zero-order chi connectivity index (χ0) is 13.9. The predicted molar refractivity (Wildman–Crippen MR) is 83.9 cm³/mol. The molecule has 0 saturated carbocycles. The van der Waals surface area contributed by atoms with Crippen LogP contribution in [-0.4, -0.2) is 31.3 Å². The second-order valence-corrected chi connectivity index (χ2v) is 5.63. The average molecular weight is 309 g/mol. The van der Waals surface area contributed by atoms with Gasteiger partial charge in [-0.1, -0.05) is 24.3 Å². The summed E-state index contributed by atoms with van der Waals surface area (Å²) < 4.78 is 0. The van der Waals surface area contributed by atoms with Crippen LogP contribution in [0.4, 0.5) is 0 Å². The summed E-state index contributed by atoms with van der Waals surface area (Å²) in [5.41, 5.74) is 2.14. The van der Waals surface area contributed by atoms with Crippen molar-refractivity contribution in [3.8, 4) is 0 Å². The van der Waals surface area contributed by atoms with Gasteiger partial charge in [0.2, 0.25) is 5.91 Å². The number of Topliss-reactive ketones (excluding diaryl/α,β-unsaturated/α-hetero) is 1. The maximum absolute atomic E-state index is 11.9. The average Bonchev–Trinajstić information content (AvgIpc) is 2.49. The van der Waals surface area contributed by atoms with E-state index in [0.29, 0.717) is 18.9 Å². The third-order valence-electron chi connectivity index (χ3n) is 4.34. The normalized spacial score (nSPS) is 23.3. The molecule has 0 spiro atoms. The number of carbonyl (C=O) groups is 2. The van der Waals surface area contributed by atoms with E-state index in [9.17, 15) is 9.59 Å². The molecule has 1 unspecified atom stereocenters. The van der Waals surface area contributed by atoms with Crippen molar-refractivity contribution >= 4 is 24.1 Å². The lowest BCUT2D eigenvalue weighted by Gasteiger charge is -2.24. The number of hydrogen-bond acceptors (Lipinski definition) is 3. The molecule has 1 aromatic carbocycles. The topological polar surface area (TPSA) is 58.2 Å². The maximum atomic E-state index is 11.9. The first kappa shape index (κ1) is 16.0. The van der Waals surface area contributed by atoms with Gasteiger partial charge in [0, 0.05) is 13.0 Å². The molecule has 1 amide bonds. The molecule has 21 heavy (non-hydrogen) atoms. The molecule has 0 radical (unpaired) electrons.